The van der Waals surface area contributed by atoms with Crippen molar-refractivity contribution in [2.45, 2.75) is 18.5 Å². The Balaban J connectivity index is 1.84. The zero-order valence-corrected chi connectivity index (χ0v) is 11.1. The molecule has 1 aliphatic heterocycles. The van der Waals surface area contributed by atoms with Crippen LogP contribution in [0.15, 0.2) is 37.1 Å². The molecule has 21 heavy (non-hydrogen) atoms. The molecule has 110 valence electrons. The molecule has 2 aromatic rings. The Morgan fingerprint density at radius 1 is 1.10 bits per heavy atom. The summed E-state index contributed by atoms with van der Waals surface area (Å²) >= 11 is 0. The second kappa shape index (κ2) is 5.31. The monoisotopic (exact) mass is 294 g/mol. The van der Waals surface area contributed by atoms with E-state index in [0.29, 0.717) is 13.1 Å². The number of aromatic nitrogens is 3. The first-order valence-corrected chi connectivity index (χ1v) is 6.58. The number of pyridine rings is 1. The largest absolute Gasteiger partial charge is 0.419 e. The van der Waals surface area contributed by atoms with Crippen molar-refractivity contribution in [2.24, 2.45) is 0 Å². The first kappa shape index (κ1) is 13.8. The fourth-order valence-electron chi connectivity index (χ4n) is 2.62. The van der Waals surface area contributed by atoms with Crippen molar-refractivity contribution in [2.75, 3.05) is 18.0 Å². The molecule has 1 atom stereocenters. The molecule has 0 radical (unpaired) electrons. The summed E-state index contributed by atoms with van der Waals surface area (Å²) in [6.07, 6.45) is 3.50. The smallest absolute Gasteiger partial charge is 0.370 e. The third-order valence-corrected chi connectivity index (χ3v) is 3.63. The van der Waals surface area contributed by atoms with Gasteiger partial charge in [0.2, 0.25) is 0 Å². The van der Waals surface area contributed by atoms with Gasteiger partial charge in [0, 0.05) is 50.0 Å². The number of halogens is 3. The van der Waals surface area contributed by atoms with E-state index in [2.05, 4.69) is 15.0 Å². The number of nitrogens with zero attached hydrogens (tertiary/aromatic N) is 4. The molecule has 0 aliphatic carbocycles. The maximum absolute atomic E-state index is 13.0. The minimum absolute atomic E-state index is 0.105. The summed E-state index contributed by atoms with van der Waals surface area (Å²) in [5.41, 5.74) is 0.316. The Morgan fingerprint density at radius 2 is 1.90 bits per heavy atom. The van der Waals surface area contributed by atoms with E-state index in [4.69, 9.17) is 0 Å². The highest BCUT2D eigenvalue weighted by Gasteiger charge is 2.37. The number of hydrogen-bond acceptors (Lipinski definition) is 4. The highest BCUT2D eigenvalue weighted by Crippen LogP contribution is 2.38. The summed E-state index contributed by atoms with van der Waals surface area (Å²) in [5.74, 6) is 0.105. The van der Waals surface area contributed by atoms with E-state index in [1.807, 2.05) is 0 Å². The van der Waals surface area contributed by atoms with Crippen LogP contribution in [0.3, 0.4) is 0 Å². The molecule has 0 aromatic carbocycles. The van der Waals surface area contributed by atoms with Crippen molar-refractivity contribution in [1.82, 2.24) is 15.0 Å². The SMILES string of the molecule is FC(F)(F)c1cnccc1N1CCC(c2cnccn2)C1. The van der Waals surface area contributed by atoms with Crippen LogP contribution in [0.2, 0.25) is 0 Å². The lowest BCUT2D eigenvalue weighted by molar-refractivity contribution is -0.137. The summed E-state index contributed by atoms with van der Waals surface area (Å²) in [7, 11) is 0. The molecular weight excluding hydrogens is 281 g/mol. The first-order valence-electron chi connectivity index (χ1n) is 6.58. The van der Waals surface area contributed by atoms with Crippen molar-refractivity contribution >= 4 is 5.69 Å². The lowest BCUT2D eigenvalue weighted by Gasteiger charge is -2.22. The van der Waals surface area contributed by atoms with Gasteiger partial charge in [0.25, 0.3) is 0 Å². The van der Waals surface area contributed by atoms with Gasteiger partial charge in [-0.2, -0.15) is 13.2 Å². The third-order valence-electron chi connectivity index (χ3n) is 3.63. The second-order valence-electron chi connectivity index (χ2n) is 4.95. The van der Waals surface area contributed by atoms with Crippen molar-refractivity contribution in [3.63, 3.8) is 0 Å². The average molecular weight is 294 g/mol. The van der Waals surface area contributed by atoms with Crippen molar-refractivity contribution in [3.05, 3.63) is 48.3 Å². The lowest BCUT2D eigenvalue weighted by atomic mass is 10.1. The molecule has 7 heteroatoms. The molecule has 3 heterocycles. The van der Waals surface area contributed by atoms with E-state index >= 15 is 0 Å². The molecule has 0 spiro atoms. The van der Waals surface area contributed by atoms with Gasteiger partial charge >= 0.3 is 6.18 Å². The zero-order valence-electron chi connectivity index (χ0n) is 11.1. The molecule has 1 aliphatic rings. The van der Waals surface area contributed by atoms with Crippen LogP contribution in [0, 0.1) is 0 Å². The fourth-order valence-corrected chi connectivity index (χ4v) is 2.62. The summed E-state index contributed by atoms with van der Waals surface area (Å²) < 4.78 is 39.1. The predicted octanol–water partition coefficient (Wildman–Crippen LogP) is 2.88. The van der Waals surface area contributed by atoms with E-state index in [9.17, 15) is 13.2 Å². The van der Waals surface area contributed by atoms with Gasteiger partial charge in [-0.25, -0.2) is 0 Å². The average Bonchev–Trinajstić information content (AvgIpc) is 2.97. The van der Waals surface area contributed by atoms with E-state index in [0.717, 1.165) is 18.3 Å². The summed E-state index contributed by atoms with van der Waals surface area (Å²) in [4.78, 5) is 13.6. The highest BCUT2D eigenvalue weighted by molar-refractivity contribution is 5.54. The summed E-state index contributed by atoms with van der Waals surface area (Å²) in [5, 5.41) is 0. The van der Waals surface area contributed by atoms with Gasteiger partial charge in [0.15, 0.2) is 0 Å². The standard InChI is InChI=1S/C14H13F3N4/c15-14(16,17)11-7-18-3-1-13(11)21-6-2-10(9-21)12-8-19-4-5-20-12/h1,3-5,7-8,10H,2,6,9H2. The molecule has 1 unspecified atom stereocenters. The van der Waals surface area contributed by atoms with Gasteiger partial charge in [-0.1, -0.05) is 0 Å². The number of alkyl halides is 3. The van der Waals surface area contributed by atoms with Crippen LogP contribution >= 0.6 is 0 Å². The highest BCUT2D eigenvalue weighted by atomic mass is 19.4. The molecule has 0 bridgehead atoms. The maximum Gasteiger partial charge on any atom is 0.419 e. The maximum atomic E-state index is 13.0. The molecular formula is C14H13F3N4. The fraction of sp³-hybridized carbons (Fsp3) is 0.357. The molecule has 4 nitrogen and oxygen atoms in total. The van der Waals surface area contributed by atoms with Crippen LogP contribution in [-0.2, 0) is 6.18 Å². The van der Waals surface area contributed by atoms with Crippen LogP contribution in [0.5, 0.6) is 0 Å². The summed E-state index contributed by atoms with van der Waals surface area (Å²) in [6, 6.07) is 1.42. The third kappa shape index (κ3) is 2.81. The van der Waals surface area contributed by atoms with Crippen LogP contribution in [-0.4, -0.2) is 28.0 Å². The van der Waals surface area contributed by atoms with E-state index in [-0.39, 0.29) is 11.6 Å². The number of rotatable bonds is 2. The Bertz CT molecular complexity index is 615. The Labute approximate surface area is 119 Å². The van der Waals surface area contributed by atoms with Gasteiger partial charge in [0.05, 0.1) is 16.9 Å². The van der Waals surface area contributed by atoms with Gasteiger partial charge in [-0.05, 0) is 12.5 Å². The van der Waals surface area contributed by atoms with Crippen LogP contribution in [0.1, 0.15) is 23.6 Å². The molecule has 2 aromatic heterocycles. The Kier molecular flexibility index (Phi) is 3.48. The first-order chi connectivity index (χ1) is 10.1. The topological polar surface area (TPSA) is 41.9 Å². The van der Waals surface area contributed by atoms with E-state index < -0.39 is 11.7 Å². The van der Waals surface area contributed by atoms with Crippen molar-refractivity contribution < 1.29 is 13.2 Å². The zero-order chi connectivity index (χ0) is 14.9. The summed E-state index contributed by atoms with van der Waals surface area (Å²) in [6.45, 7) is 1.07. The quantitative estimate of drug-likeness (QED) is 0.854. The van der Waals surface area contributed by atoms with Crippen molar-refractivity contribution in [1.29, 1.82) is 0 Å². The van der Waals surface area contributed by atoms with Crippen LogP contribution < -0.4 is 4.90 Å². The molecule has 3 rings (SSSR count). The molecule has 0 N–H and O–H groups in total. The molecule has 1 fully saturated rings. The van der Waals surface area contributed by atoms with Crippen molar-refractivity contribution in [3.8, 4) is 0 Å². The Hall–Kier alpha value is -2.18. The number of hydrogen-bond donors (Lipinski definition) is 0. The van der Waals surface area contributed by atoms with Crippen LogP contribution in [0.4, 0.5) is 18.9 Å². The van der Waals surface area contributed by atoms with Gasteiger partial charge < -0.3 is 4.90 Å². The Morgan fingerprint density at radius 3 is 2.62 bits per heavy atom. The minimum atomic E-state index is -4.39. The minimum Gasteiger partial charge on any atom is -0.370 e. The van der Waals surface area contributed by atoms with Gasteiger partial charge in [-0.15, -0.1) is 0 Å². The van der Waals surface area contributed by atoms with Gasteiger partial charge in [-0.3, -0.25) is 15.0 Å². The number of anilines is 1. The van der Waals surface area contributed by atoms with E-state index in [1.54, 1.807) is 23.5 Å². The van der Waals surface area contributed by atoms with Crippen LogP contribution in [0.25, 0.3) is 0 Å². The molecule has 0 saturated carbocycles. The van der Waals surface area contributed by atoms with E-state index in [1.165, 1.54) is 12.3 Å². The predicted molar refractivity (Wildman–Crippen MR) is 70.8 cm³/mol. The van der Waals surface area contributed by atoms with Gasteiger partial charge in [0.1, 0.15) is 0 Å². The molecule has 1 saturated heterocycles. The second-order valence-corrected chi connectivity index (χ2v) is 4.95. The molecule has 0 amide bonds. The lowest BCUT2D eigenvalue weighted by Crippen LogP contribution is -2.23. The normalized spacial score (nSPS) is 19.0.